The highest BCUT2D eigenvalue weighted by Gasteiger charge is 2.43. The quantitative estimate of drug-likeness (QED) is 0.0208. The number of aryl methyl sites for hydroxylation is 1. The van der Waals surface area contributed by atoms with Crippen molar-refractivity contribution in [3.63, 3.8) is 0 Å². The van der Waals surface area contributed by atoms with Gasteiger partial charge in [-0.1, -0.05) is 63.2 Å². The van der Waals surface area contributed by atoms with Crippen LogP contribution in [0.15, 0.2) is 102 Å². The summed E-state index contributed by atoms with van der Waals surface area (Å²) in [5.74, 6) is 0.584. The second-order valence-electron chi connectivity index (χ2n) is 23.8. The molecule has 6 aromatic rings. The van der Waals surface area contributed by atoms with Crippen molar-refractivity contribution in [2.24, 2.45) is 11.3 Å². The SMILES string of the molecule is CN[C@@H](C)C(=O)N[C@H](C(=O)N1Cc2cc(OCCOCCOCCOCCOCCOCCNCc3ccc(-n4cc(NC(=O)c5coc(-c6ccnc(NCC7CC7)c6)n5)c(C(F)F)n4)cc3)ccc2C[C@H]1C(=O)N[C@@H]1CCCc2ccccc21)C(C)(C)C. The van der Waals surface area contributed by atoms with Gasteiger partial charge < -0.3 is 69.6 Å². The maximum Gasteiger partial charge on any atom is 0.284 e. The number of pyridine rings is 1. The van der Waals surface area contributed by atoms with Crippen LogP contribution in [-0.4, -0.2) is 159 Å². The molecule has 484 valence electrons. The average Bonchev–Trinajstić information content (AvgIpc) is 1.21. The first-order valence-electron chi connectivity index (χ1n) is 31.1. The summed E-state index contributed by atoms with van der Waals surface area (Å²) in [5, 5.41) is 22.4. The van der Waals surface area contributed by atoms with Crippen LogP contribution in [0.1, 0.15) is 110 Å². The number of hydrogen-bond donors (Lipinski definition) is 6. The van der Waals surface area contributed by atoms with Gasteiger partial charge in [-0.05, 0) is 122 Å². The molecule has 3 aromatic heterocycles. The Morgan fingerprint density at radius 2 is 1.50 bits per heavy atom. The van der Waals surface area contributed by atoms with Crippen molar-refractivity contribution in [2.75, 3.05) is 103 Å². The van der Waals surface area contributed by atoms with Gasteiger partial charge in [0.25, 0.3) is 12.3 Å². The molecule has 0 bridgehead atoms. The fraction of sp³-hybridized carbons (Fsp3) is 0.500. The molecule has 4 heterocycles. The first-order valence-corrected chi connectivity index (χ1v) is 31.1. The van der Waals surface area contributed by atoms with Gasteiger partial charge in [-0.15, -0.1) is 0 Å². The fourth-order valence-corrected chi connectivity index (χ4v) is 10.5. The number of ether oxygens (including phenoxy) is 6. The van der Waals surface area contributed by atoms with Crippen molar-refractivity contribution in [2.45, 2.75) is 110 Å². The molecule has 2 aliphatic carbocycles. The van der Waals surface area contributed by atoms with E-state index in [1.165, 1.54) is 35.5 Å². The number of aromatic nitrogens is 4. The lowest BCUT2D eigenvalue weighted by Crippen LogP contribution is -2.62. The van der Waals surface area contributed by atoms with Crippen LogP contribution < -0.4 is 36.6 Å². The molecule has 0 saturated heterocycles. The number of fused-ring (bicyclic) bond motifs is 2. The highest BCUT2D eigenvalue weighted by atomic mass is 19.3. The van der Waals surface area contributed by atoms with E-state index in [9.17, 15) is 28.0 Å². The van der Waals surface area contributed by atoms with Crippen LogP contribution in [0.4, 0.5) is 20.3 Å². The van der Waals surface area contributed by atoms with E-state index >= 15 is 0 Å². The number of nitrogens with zero attached hydrogens (tertiary/aromatic N) is 5. The average molecular weight is 1250 g/mol. The van der Waals surface area contributed by atoms with Gasteiger partial charge >= 0.3 is 0 Å². The predicted molar refractivity (Wildman–Crippen MR) is 333 cm³/mol. The third kappa shape index (κ3) is 19.2. The molecule has 3 aromatic carbocycles. The number of hydrogen-bond acceptors (Lipinski definition) is 17. The zero-order valence-electron chi connectivity index (χ0n) is 52.0. The molecule has 4 atom stereocenters. The Balaban J connectivity index is 0.601. The number of nitrogens with one attached hydrogen (secondary N) is 6. The van der Waals surface area contributed by atoms with E-state index in [1.54, 1.807) is 49.3 Å². The number of likely N-dealkylation sites (N-methyl/N-ethyl adjacent to an activating group) is 1. The molecule has 0 spiro atoms. The van der Waals surface area contributed by atoms with Gasteiger partial charge in [-0.2, -0.15) is 5.10 Å². The van der Waals surface area contributed by atoms with Gasteiger partial charge in [0.15, 0.2) is 11.4 Å². The number of anilines is 2. The van der Waals surface area contributed by atoms with Crippen LogP contribution in [0.25, 0.3) is 17.1 Å². The van der Waals surface area contributed by atoms with Crippen LogP contribution in [0.2, 0.25) is 0 Å². The standard InChI is InChI=1S/C66H85F2N11O11/c1-43(69-5)61(80)76-59(66(2,3)4)65(83)78-40-49-35-51(20-17-47(49)36-56(78)63(82)73-53-12-8-10-46-9-6-7-11-52(46)53)89-34-33-88-32-31-87-30-29-86-28-27-85-26-25-84-24-23-70-38-44-15-18-50(19-16-44)79-41-54(58(77-79)60(67)68)74-62(81)55-42-90-64(75-55)48-21-22-71-57(37-48)72-39-45-13-14-45/h6-7,9,11,15-22,35,37,41-43,45,53,56,59-60,69-70H,8,10,12-14,23-34,36,38-40H2,1-5H3,(H,71,72)(H,73,82)(H,74,81)(H,76,80)/t43-,53+,56-,59+/m0/s1. The number of halogens is 2. The van der Waals surface area contributed by atoms with Gasteiger partial charge in [0.2, 0.25) is 23.6 Å². The van der Waals surface area contributed by atoms with Crippen LogP contribution >= 0.6 is 0 Å². The summed E-state index contributed by atoms with van der Waals surface area (Å²) in [6.45, 7) is 14.0. The minimum Gasteiger partial charge on any atom is -0.491 e. The maximum atomic E-state index is 14.7. The van der Waals surface area contributed by atoms with Crippen LogP contribution in [0.3, 0.4) is 0 Å². The van der Waals surface area contributed by atoms with Crippen molar-refractivity contribution in [1.29, 1.82) is 0 Å². The molecule has 90 heavy (non-hydrogen) atoms. The number of benzene rings is 3. The molecule has 24 heteroatoms. The summed E-state index contributed by atoms with van der Waals surface area (Å²) < 4.78 is 69.5. The predicted octanol–water partition coefficient (Wildman–Crippen LogP) is 7.77. The number of carbonyl (C=O) groups excluding carboxylic acids is 4. The Morgan fingerprint density at radius 3 is 2.19 bits per heavy atom. The fourth-order valence-electron chi connectivity index (χ4n) is 10.5. The van der Waals surface area contributed by atoms with Crippen molar-refractivity contribution in [1.82, 2.24) is 45.9 Å². The molecule has 1 aliphatic heterocycles. The van der Waals surface area contributed by atoms with E-state index in [4.69, 9.17) is 32.8 Å². The summed E-state index contributed by atoms with van der Waals surface area (Å²) >= 11 is 0. The minimum absolute atomic E-state index is 0.0749. The van der Waals surface area contributed by atoms with E-state index in [-0.39, 0.29) is 47.6 Å². The smallest absolute Gasteiger partial charge is 0.284 e. The van der Waals surface area contributed by atoms with Crippen LogP contribution in [0, 0.1) is 11.3 Å². The minimum atomic E-state index is -2.94. The zero-order valence-corrected chi connectivity index (χ0v) is 52.0. The molecular weight excluding hydrogens is 1160 g/mol. The molecule has 6 N–H and O–H groups in total. The largest absolute Gasteiger partial charge is 0.491 e. The van der Waals surface area contributed by atoms with Gasteiger partial charge in [-0.25, -0.2) is 23.4 Å². The Morgan fingerprint density at radius 1 is 0.800 bits per heavy atom. The lowest BCUT2D eigenvalue weighted by Gasteiger charge is -2.41. The van der Waals surface area contributed by atoms with E-state index in [0.717, 1.165) is 48.1 Å². The summed E-state index contributed by atoms with van der Waals surface area (Å²) in [4.78, 5) is 65.6. The molecule has 1 saturated carbocycles. The Hall–Kier alpha value is -7.71. The third-order valence-electron chi connectivity index (χ3n) is 16.0. The summed E-state index contributed by atoms with van der Waals surface area (Å²) in [5.41, 5.74) is 4.83. The van der Waals surface area contributed by atoms with Crippen molar-refractivity contribution < 1.29 is 60.8 Å². The van der Waals surface area contributed by atoms with Gasteiger partial charge in [0.1, 0.15) is 36.5 Å². The Bertz CT molecular complexity index is 3300. The van der Waals surface area contributed by atoms with Gasteiger partial charge in [0.05, 0.1) is 95.7 Å². The maximum absolute atomic E-state index is 14.7. The first kappa shape index (κ1) is 66.7. The lowest BCUT2D eigenvalue weighted by molar-refractivity contribution is -0.147. The highest BCUT2D eigenvalue weighted by Crippen LogP contribution is 2.35. The van der Waals surface area contributed by atoms with E-state index < -0.39 is 41.6 Å². The molecule has 1 fully saturated rings. The first-order chi connectivity index (χ1) is 43.6. The van der Waals surface area contributed by atoms with Gasteiger partial charge in [-0.3, -0.25) is 19.2 Å². The van der Waals surface area contributed by atoms with E-state index in [0.29, 0.717) is 121 Å². The summed E-state index contributed by atoms with van der Waals surface area (Å²) in [7, 11) is 1.69. The van der Waals surface area contributed by atoms with Crippen LogP contribution in [0.5, 0.6) is 5.75 Å². The van der Waals surface area contributed by atoms with E-state index in [1.807, 2.05) is 63.2 Å². The molecule has 9 rings (SSSR count). The molecule has 4 amide bonds. The number of carbonyl (C=O) groups is 4. The monoisotopic (exact) mass is 1250 g/mol. The Labute approximate surface area is 524 Å². The van der Waals surface area contributed by atoms with Crippen molar-refractivity contribution in [3.8, 4) is 22.9 Å². The summed E-state index contributed by atoms with van der Waals surface area (Å²) in [6, 6.07) is 22.3. The topological polar surface area (TPSA) is 256 Å². The molecule has 22 nitrogen and oxygen atoms in total. The normalized spacial score (nSPS) is 16.2. The van der Waals surface area contributed by atoms with Crippen molar-refractivity contribution in [3.05, 3.63) is 137 Å². The molecule has 0 unspecified atom stereocenters. The van der Waals surface area contributed by atoms with E-state index in [2.05, 4.69) is 59.1 Å². The number of amides is 4. The molecular formula is C66H85F2N11O11. The number of oxazole rings is 1. The van der Waals surface area contributed by atoms with Crippen LogP contribution in [-0.2, 0) is 64.0 Å². The second kappa shape index (κ2) is 32.9. The number of rotatable bonds is 35. The third-order valence-corrected chi connectivity index (χ3v) is 16.0. The molecule has 3 aliphatic rings. The number of alkyl halides is 2. The Kier molecular flexibility index (Phi) is 24.4. The lowest BCUT2D eigenvalue weighted by atomic mass is 9.83. The van der Waals surface area contributed by atoms with Gasteiger partial charge in [0, 0.05) is 44.4 Å². The highest BCUT2D eigenvalue weighted by molar-refractivity contribution is 6.03. The zero-order chi connectivity index (χ0) is 63.4. The summed E-state index contributed by atoms with van der Waals surface area (Å²) in [6.07, 6.45) is 6.64. The second-order valence-corrected chi connectivity index (χ2v) is 23.8. The molecule has 0 radical (unpaired) electrons. The van der Waals surface area contributed by atoms with Crippen molar-refractivity contribution >= 4 is 35.1 Å².